The molecule has 0 radical (unpaired) electrons. The van der Waals surface area contributed by atoms with E-state index in [0.29, 0.717) is 25.6 Å². The van der Waals surface area contributed by atoms with Crippen LogP contribution < -0.4 is 5.48 Å². The lowest BCUT2D eigenvalue weighted by Crippen LogP contribution is -2.37. The standard InChI is InChI=1S/C18H28N2O3/c1-3-14(2)11-16-17(12-20(9-10-21)18(16)22)19-23-13-15-7-5-4-6-8-15/h4-8,14,16-17,19,21H,3,9-13H2,1-2H3. The third kappa shape index (κ3) is 5.03. The average Bonchev–Trinajstić information content (AvgIpc) is 2.85. The number of hydrogen-bond acceptors (Lipinski definition) is 4. The number of β-amino-alcohol motifs (C(OH)–C–C–N with tert-alkyl or cyclic N) is 1. The van der Waals surface area contributed by atoms with Crippen molar-refractivity contribution in [1.82, 2.24) is 10.4 Å². The minimum atomic E-state index is -0.0766. The Bertz CT molecular complexity index is 480. The number of amides is 1. The molecule has 5 heteroatoms. The number of rotatable bonds is 9. The Morgan fingerprint density at radius 1 is 1.39 bits per heavy atom. The van der Waals surface area contributed by atoms with Gasteiger partial charge in [-0.3, -0.25) is 9.63 Å². The van der Waals surface area contributed by atoms with E-state index in [2.05, 4.69) is 19.3 Å². The summed E-state index contributed by atoms with van der Waals surface area (Å²) in [6.45, 7) is 5.77. The van der Waals surface area contributed by atoms with E-state index in [1.54, 1.807) is 4.90 Å². The number of hydroxylamine groups is 1. The monoisotopic (exact) mass is 320 g/mol. The Balaban J connectivity index is 1.91. The molecule has 128 valence electrons. The lowest BCUT2D eigenvalue weighted by Gasteiger charge is -2.20. The van der Waals surface area contributed by atoms with Crippen LogP contribution in [0.25, 0.3) is 0 Å². The van der Waals surface area contributed by atoms with Crippen molar-refractivity contribution in [2.24, 2.45) is 11.8 Å². The molecule has 1 amide bonds. The van der Waals surface area contributed by atoms with E-state index in [0.717, 1.165) is 18.4 Å². The Labute approximate surface area is 138 Å². The summed E-state index contributed by atoms with van der Waals surface area (Å²) in [5.74, 6) is 0.545. The Hall–Kier alpha value is -1.43. The number of hydrogen-bond donors (Lipinski definition) is 2. The summed E-state index contributed by atoms with van der Waals surface area (Å²) in [5, 5.41) is 9.12. The molecule has 1 aliphatic heterocycles. The van der Waals surface area contributed by atoms with Gasteiger partial charge in [0.1, 0.15) is 0 Å². The highest BCUT2D eigenvalue weighted by atomic mass is 16.6. The number of nitrogens with zero attached hydrogens (tertiary/aromatic N) is 1. The van der Waals surface area contributed by atoms with E-state index in [-0.39, 0.29) is 24.5 Å². The van der Waals surface area contributed by atoms with Crippen LogP contribution >= 0.6 is 0 Å². The van der Waals surface area contributed by atoms with Crippen LogP contribution in [0.15, 0.2) is 30.3 Å². The first kappa shape index (κ1) is 17.9. The van der Waals surface area contributed by atoms with Gasteiger partial charge in [-0.1, -0.05) is 50.6 Å². The van der Waals surface area contributed by atoms with Crippen LogP contribution in [0.2, 0.25) is 0 Å². The van der Waals surface area contributed by atoms with Crippen LogP contribution in [0.4, 0.5) is 0 Å². The van der Waals surface area contributed by atoms with Gasteiger partial charge in [0.25, 0.3) is 0 Å². The molecule has 1 aromatic rings. The number of likely N-dealkylation sites (tertiary alicyclic amines) is 1. The van der Waals surface area contributed by atoms with Gasteiger partial charge in [-0.25, -0.2) is 0 Å². The average molecular weight is 320 g/mol. The first-order chi connectivity index (χ1) is 11.2. The number of benzene rings is 1. The van der Waals surface area contributed by atoms with Gasteiger partial charge in [0, 0.05) is 13.1 Å². The van der Waals surface area contributed by atoms with Crippen LogP contribution in [0.5, 0.6) is 0 Å². The lowest BCUT2D eigenvalue weighted by molar-refractivity contribution is -0.132. The van der Waals surface area contributed by atoms with E-state index in [9.17, 15) is 4.79 Å². The smallest absolute Gasteiger partial charge is 0.227 e. The Morgan fingerprint density at radius 2 is 2.13 bits per heavy atom. The van der Waals surface area contributed by atoms with Crippen molar-refractivity contribution in [3.8, 4) is 0 Å². The number of nitrogens with one attached hydrogen (secondary N) is 1. The molecule has 1 saturated heterocycles. The predicted molar refractivity (Wildman–Crippen MR) is 89.4 cm³/mol. The second-order valence-corrected chi connectivity index (χ2v) is 6.36. The van der Waals surface area contributed by atoms with Gasteiger partial charge in [0.2, 0.25) is 5.91 Å². The van der Waals surface area contributed by atoms with Crippen molar-refractivity contribution in [1.29, 1.82) is 0 Å². The van der Waals surface area contributed by atoms with Gasteiger partial charge in [0.15, 0.2) is 0 Å². The molecule has 3 unspecified atom stereocenters. The Morgan fingerprint density at radius 3 is 2.78 bits per heavy atom. The summed E-state index contributed by atoms with van der Waals surface area (Å²) in [4.78, 5) is 19.9. The summed E-state index contributed by atoms with van der Waals surface area (Å²) in [6.07, 6.45) is 1.91. The highest BCUT2D eigenvalue weighted by molar-refractivity contribution is 5.82. The summed E-state index contributed by atoms with van der Waals surface area (Å²) in [5.41, 5.74) is 4.18. The third-order valence-corrected chi connectivity index (χ3v) is 4.57. The van der Waals surface area contributed by atoms with Crippen molar-refractivity contribution in [3.63, 3.8) is 0 Å². The predicted octanol–water partition coefficient (Wildman–Crippen LogP) is 1.96. The quantitative estimate of drug-likeness (QED) is 0.683. The van der Waals surface area contributed by atoms with Crippen molar-refractivity contribution in [2.45, 2.75) is 39.3 Å². The van der Waals surface area contributed by atoms with Gasteiger partial charge < -0.3 is 10.0 Å². The molecule has 0 spiro atoms. The maximum atomic E-state index is 12.5. The van der Waals surface area contributed by atoms with Crippen molar-refractivity contribution >= 4 is 5.91 Å². The first-order valence-electron chi connectivity index (χ1n) is 8.46. The van der Waals surface area contributed by atoms with Gasteiger partial charge in [-0.2, -0.15) is 5.48 Å². The molecule has 0 saturated carbocycles. The zero-order valence-corrected chi connectivity index (χ0v) is 14.1. The molecule has 0 aromatic heterocycles. The van der Waals surface area contributed by atoms with Crippen molar-refractivity contribution < 1.29 is 14.7 Å². The molecule has 1 aliphatic rings. The molecule has 2 N–H and O–H groups in total. The lowest BCUT2D eigenvalue weighted by atomic mass is 9.90. The van der Waals surface area contributed by atoms with E-state index < -0.39 is 0 Å². The molecule has 1 aromatic carbocycles. The van der Waals surface area contributed by atoms with Gasteiger partial charge in [0.05, 0.1) is 25.2 Å². The summed E-state index contributed by atoms with van der Waals surface area (Å²) in [6, 6.07) is 9.93. The summed E-state index contributed by atoms with van der Waals surface area (Å²) < 4.78 is 0. The molecule has 0 bridgehead atoms. The highest BCUT2D eigenvalue weighted by Crippen LogP contribution is 2.26. The fourth-order valence-corrected chi connectivity index (χ4v) is 2.97. The number of aliphatic hydroxyl groups excluding tert-OH is 1. The number of carbonyl (C=O) groups excluding carboxylic acids is 1. The van der Waals surface area contributed by atoms with Crippen LogP contribution in [0, 0.1) is 11.8 Å². The maximum absolute atomic E-state index is 12.5. The van der Waals surface area contributed by atoms with E-state index in [1.165, 1.54) is 0 Å². The highest BCUT2D eigenvalue weighted by Gasteiger charge is 2.40. The molecule has 1 heterocycles. The van der Waals surface area contributed by atoms with Crippen LogP contribution in [0.1, 0.15) is 32.3 Å². The number of aliphatic hydroxyl groups is 1. The Kier molecular flexibility index (Phi) is 7.02. The molecular weight excluding hydrogens is 292 g/mol. The topological polar surface area (TPSA) is 61.8 Å². The third-order valence-electron chi connectivity index (χ3n) is 4.57. The van der Waals surface area contributed by atoms with Crippen LogP contribution in [-0.2, 0) is 16.2 Å². The maximum Gasteiger partial charge on any atom is 0.227 e. The fraction of sp³-hybridized carbons (Fsp3) is 0.611. The van der Waals surface area contributed by atoms with Gasteiger partial charge >= 0.3 is 0 Å². The minimum absolute atomic E-state index is 0.000611. The van der Waals surface area contributed by atoms with Crippen molar-refractivity contribution in [2.75, 3.05) is 19.7 Å². The molecule has 2 rings (SSSR count). The second-order valence-electron chi connectivity index (χ2n) is 6.36. The SMILES string of the molecule is CCC(C)CC1C(=O)N(CCO)CC1NOCc1ccccc1. The van der Waals surface area contributed by atoms with Crippen LogP contribution in [0.3, 0.4) is 0 Å². The molecule has 5 nitrogen and oxygen atoms in total. The van der Waals surface area contributed by atoms with Gasteiger partial charge in [-0.05, 0) is 17.9 Å². The van der Waals surface area contributed by atoms with Crippen molar-refractivity contribution in [3.05, 3.63) is 35.9 Å². The normalized spacial score (nSPS) is 22.6. The molecule has 1 fully saturated rings. The zero-order chi connectivity index (χ0) is 16.7. The van der Waals surface area contributed by atoms with Gasteiger partial charge in [-0.15, -0.1) is 0 Å². The number of carbonyl (C=O) groups is 1. The molecular formula is C18H28N2O3. The van der Waals surface area contributed by atoms with Crippen LogP contribution in [-0.4, -0.2) is 41.7 Å². The molecule has 0 aliphatic carbocycles. The van der Waals surface area contributed by atoms with E-state index in [1.807, 2.05) is 30.3 Å². The second kappa shape index (κ2) is 9.01. The summed E-state index contributed by atoms with van der Waals surface area (Å²) in [7, 11) is 0. The zero-order valence-electron chi connectivity index (χ0n) is 14.1. The molecule has 23 heavy (non-hydrogen) atoms. The van der Waals surface area contributed by atoms with E-state index >= 15 is 0 Å². The summed E-state index contributed by atoms with van der Waals surface area (Å²) >= 11 is 0. The molecule has 3 atom stereocenters. The first-order valence-corrected chi connectivity index (χ1v) is 8.46. The largest absolute Gasteiger partial charge is 0.395 e. The fourth-order valence-electron chi connectivity index (χ4n) is 2.97. The minimum Gasteiger partial charge on any atom is -0.395 e. The van der Waals surface area contributed by atoms with E-state index in [4.69, 9.17) is 9.94 Å².